The fraction of sp³-hybridized carbons (Fsp3) is 0.0588. The van der Waals surface area contributed by atoms with Crippen LogP contribution in [0.15, 0.2) is 59.1 Å². The quantitative estimate of drug-likeness (QED) is 0.610. The van der Waals surface area contributed by atoms with Crippen LogP contribution >= 0.6 is 15.9 Å². The molecule has 0 unspecified atom stereocenters. The van der Waals surface area contributed by atoms with Crippen LogP contribution < -0.4 is 4.74 Å². The van der Waals surface area contributed by atoms with Crippen molar-refractivity contribution in [2.75, 3.05) is 0 Å². The molecule has 4 heteroatoms. The molecule has 3 aromatic carbocycles. The highest BCUT2D eigenvalue weighted by atomic mass is 79.9. The number of hydrogen-bond acceptors (Lipinski definition) is 1. The van der Waals surface area contributed by atoms with Gasteiger partial charge < -0.3 is 4.74 Å². The average molecular weight is 349 g/mol. The van der Waals surface area contributed by atoms with Crippen LogP contribution in [0.25, 0.3) is 10.8 Å². The molecule has 0 fully saturated rings. The fourth-order valence-electron chi connectivity index (χ4n) is 2.13. The summed E-state index contributed by atoms with van der Waals surface area (Å²) in [5.41, 5.74) is 0.896. The lowest BCUT2D eigenvalue weighted by Gasteiger charge is -2.10. The van der Waals surface area contributed by atoms with Gasteiger partial charge in [0, 0.05) is 21.3 Å². The monoisotopic (exact) mass is 348 g/mol. The van der Waals surface area contributed by atoms with Crippen molar-refractivity contribution in [3.05, 3.63) is 76.3 Å². The van der Waals surface area contributed by atoms with E-state index in [2.05, 4.69) is 15.9 Å². The minimum atomic E-state index is -0.546. The fourth-order valence-corrected chi connectivity index (χ4v) is 2.50. The third kappa shape index (κ3) is 2.90. The summed E-state index contributed by atoms with van der Waals surface area (Å²) < 4.78 is 34.6. The molecule has 0 N–H and O–H groups in total. The van der Waals surface area contributed by atoms with Gasteiger partial charge in [0.25, 0.3) is 0 Å². The Balaban J connectivity index is 1.96. The van der Waals surface area contributed by atoms with E-state index in [1.807, 2.05) is 30.3 Å². The first kappa shape index (κ1) is 14.0. The van der Waals surface area contributed by atoms with Crippen LogP contribution in [0.5, 0.6) is 5.75 Å². The second kappa shape index (κ2) is 5.82. The lowest BCUT2D eigenvalue weighted by Crippen LogP contribution is -1.99. The van der Waals surface area contributed by atoms with Crippen LogP contribution in [-0.4, -0.2) is 0 Å². The predicted molar refractivity (Wildman–Crippen MR) is 82.3 cm³/mol. The van der Waals surface area contributed by atoms with Crippen LogP contribution in [0.3, 0.4) is 0 Å². The van der Waals surface area contributed by atoms with Crippen molar-refractivity contribution in [2.45, 2.75) is 6.61 Å². The Bertz CT molecular complexity index is 788. The van der Waals surface area contributed by atoms with Crippen molar-refractivity contribution in [3.8, 4) is 5.75 Å². The third-order valence-electron chi connectivity index (χ3n) is 3.19. The van der Waals surface area contributed by atoms with E-state index in [4.69, 9.17) is 4.74 Å². The zero-order chi connectivity index (χ0) is 14.8. The molecule has 0 spiro atoms. The van der Waals surface area contributed by atoms with Crippen LogP contribution in [-0.2, 0) is 6.61 Å². The van der Waals surface area contributed by atoms with E-state index in [0.717, 1.165) is 11.6 Å². The molecule has 0 bridgehead atoms. The normalized spacial score (nSPS) is 10.8. The van der Waals surface area contributed by atoms with Gasteiger partial charge in [0.05, 0.1) is 0 Å². The second-order valence-electron chi connectivity index (χ2n) is 4.63. The molecule has 0 radical (unpaired) electrons. The Morgan fingerprint density at radius 3 is 2.43 bits per heavy atom. The van der Waals surface area contributed by atoms with Crippen molar-refractivity contribution in [1.82, 2.24) is 0 Å². The number of fused-ring (bicyclic) bond motifs is 1. The van der Waals surface area contributed by atoms with Crippen molar-refractivity contribution in [2.24, 2.45) is 0 Å². The number of benzene rings is 3. The molecule has 0 atom stereocenters. The van der Waals surface area contributed by atoms with Gasteiger partial charge in [0.15, 0.2) is 11.6 Å². The number of rotatable bonds is 3. The molecule has 0 aliphatic heterocycles. The van der Waals surface area contributed by atoms with E-state index in [0.29, 0.717) is 4.47 Å². The smallest absolute Gasteiger partial charge is 0.173 e. The van der Waals surface area contributed by atoms with Gasteiger partial charge in [0.2, 0.25) is 0 Å². The van der Waals surface area contributed by atoms with Gasteiger partial charge in [-0.1, -0.05) is 52.3 Å². The van der Waals surface area contributed by atoms with Crippen LogP contribution in [0, 0.1) is 11.6 Å². The van der Waals surface area contributed by atoms with Gasteiger partial charge in [-0.3, -0.25) is 0 Å². The third-order valence-corrected chi connectivity index (χ3v) is 3.68. The highest BCUT2D eigenvalue weighted by molar-refractivity contribution is 9.10. The van der Waals surface area contributed by atoms with Gasteiger partial charge in [-0.2, -0.15) is 0 Å². The van der Waals surface area contributed by atoms with Crippen molar-refractivity contribution >= 4 is 26.7 Å². The molecule has 0 heterocycles. The van der Waals surface area contributed by atoms with Crippen molar-refractivity contribution < 1.29 is 13.5 Å². The first-order valence-corrected chi connectivity index (χ1v) is 7.18. The molecule has 0 aliphatic carbocycles. The van der Waals surface area contributed by atoms with E-state index < -0.39 is 11.6 Å². The molecule has 1 nitrogen and oxygen atoms in total. The zero-order valence-electron chi connectivity index (χ0n) is 10.9. The van der Waals surface area contributed by atoms with E-state index in [-0.39, 0.29) is 23.1 Å². The standard InChI is InChI=1S/C17H11BrF2O/c18-12-6-7-13-14(8-12)15(19)9-16(17(13)20)21-10-11-4-2-1-3-5-11/h1-9H,10H2. The van der Waals surface area contributed by atoms with Gasteiger partial charge in [-0.05, 0) is 17.7 Å². The molecule has 106 valence electrons. The number of hydrogen-bond donors (Lipinski definition) is 0. The van der Waals surface area contributed by atoms with Crippen LogP contribution in [0.1, 0.15) is 5.56 Å². The maximum absolute atomic E-state index is 14.4. The molecule has 0 saturated carbocycles. The van der Waals surface area contributed by atoms with Crippen molar-refractivity contribution in [1.29, 1.82) is 0 Å². The van der Waals surface area contributed by atoms with E-state index in [1.54, 1.807) is 12.1 Å². The first-order chi connectivity index (χ1) is 10.1. The largest absolute Gasteiger partial charge is 0.486 e. The molecule has 3 rings (SSSR count). The minimum absolute atomic E-state index is 0.0776. The van der Waals surface area contributed by atoms with Gasteiger partial charge in [-0.15, -0.1) is 0 Å². The van der Waals surface area contributed by atoms with Gasteiger partial charge >= 0.3 is 0 Å². The molecular formula is C17H11BrF2O. The second-order valence-corrected chi connectivity index (χ2v) is 5.55. The molecule has 0 aromatic heterocycles. The highest BCUT2D eigenvalue weighted by Crippen LogP contribution is 2.31. The number of ether oxygens (including phenoxy) is 1. The number of halogens is 3. The maximum atomic E-state index is 14.4. The summed E-state index contributed by atoms with van der Waals surface area (Å²) in [6.45, 7) is 0.194. The summed E-state index contributed by atoms with van der Waals surface area (Å²) in [6.07, 6.45) is 0. The molecule has 0 saturated heterocycles. The Morgan fingerprint density at radius 2 is 1.67 bits per heavy atom. The summed E-state index contributed by atoms with van der Waals surface area (Å²) in [5.74, 6) is -1.13. The van der Waals surface area contributed by atoms with E-state index >= 15 is 0 Å². The van der Waals surface area contributed by atoms with Crippen LogP contribution in [0.4, 0.5) is 8.78 Å². The van der Waals surface area contributed by atoms with Gasteiger partial charge in [-0.25, -0.2) is 8.78 Å². The average Bonchev–Trinajstić information content (AvgIpc) is 2.50. The van der Waals surface area contributed by atoms with Crippen molar-refractivity contribution in [3.63, 3.8) is 0 Å². The molecule has 0 aliphatic rings. The Morgan fingerprint density at radius 1 is 0.905 bits per heavy atom. The minimum Gasteiger partial charge on any atom is -0.486 e. The lowest BCUT2D eigenvalue weighted by atomic mass is 10.1. The summed E-state index contributed by atoms with van der Waals surface area (Å²) in [5, 5.41) is 0.440. The topological polar surface area (TPSA) is 9.23 Å². The molecule has 0 amide bonds. The Labute approximate surface area is 129 Å². The van der Waals surface area contributed by atoms with E-state index in [9.17, 15) is 8.78 Å². The maximum Gasteiger partial charge on any atom is 0.173 e. The highest BCUT2D eigenvalue weighted by Gasteiger charge is 2.13. The zero-order valence-corrected chi connectivity index (χ0v) is 12.5. The summed E-state index contributed by atoms with van der Waals surface area (Å²) in [4.78, 5) is 0. The molecule has 3 aromatic rings. The summed E-state index contributed by atoms with van der Waals surface area (Å²) in [6, 6.07) is 15.2. The predicted octanol–water partition coefficient (Wildman–Crippen LogP) is 5.46. The lowest BCUT2D eigenvalue weighted by molar-refractivity contribution is 0.290. The Hall–Kier alpha value is -1.94. The van der Waals surface area contributed by atoms with Gasteiger partial charge in [0.1, 0.15) is 12.4 Å². The summed E-state index contributed by atoms with van der Waals surface area (Å²) in [7, 11) is 0. The summed E-state index contributed by atoms with van der Waals surface area (Å²) >= 11 is 3.25. The van der Waals surface area contributed by atoms with E-state index in [1.165, 1.54) is 6.07 Å². The molecule has 21 heavy (non-hydrogen) atoms. The first-order valence-electron chi connectivity index (χ1n) is 6.39. The molecular weight excluding hydrogens is 338 g/mol. The SMILES string of the molecule is Fc1cc(OCc2ccccc2)c(F)c2ccc(Br)cc12. The Kier molecular flexibility index (Phi) is 3.88. The van der Waals surface area contributed by atoms with Crippen LogP contribution in [0.2, 0.25) is 0 Å².